The number of aryl methyl sites for hydroxylation is 2. The number of amides is 1. The zero-order chi connectivity index (χ0) is 13.0. The second-order valence-electron chi connectivity index (χ2n) is 5.26. The van der Waals surface area contributed by atoms with Crippen LogP contribution in [0.3, 0.4) is 0 Å². The Labute approximate surface area is 109 Å². The zero-order valence-electron chi connectivity index (χ0n) is 11.3. The molecule has 18 heavy (non-hydrogen) atoms. The number of nitrogens with one attached hydrogen (secondary N) is 2. The van der Waals surface area contributed by atoms with E-state index in [4.69, 9.17) is 0 Å². The average molecular weight is 246 g/mol. The van der Waals surface area contributed by atoms with Gasteiger partial charge in [0.1, 0.15) is 0 Å². The van der Waals surface area contributed by atoms with Crippen LogP contribution in [-0.4, -0.2) is 18.5 Å². The molecule has 0 spiro atoms. The Bertz CT molecular complexity index is 404. The van der Waals surface area contributed by atoms with Gasteiger partial charge in [-0.05, 0) is 32.3 Å². The third-order valence-electron chi connectivity index (χ3n) is 3.08. The van der Waals surface area contributed by atoms with E-state index in [1.54, 1.807) is 0 Å². The van der Waals surface area contributed by atoms with Crippen molar-refractivity contribution < 1.29 is 4.79 Å². The molecule has 0 aromatic heterocycles. The minimum absolute atomic E-state index is 0.172. The summed E-state index contributed by atoms with van der Waals surface area (Å²) in [6.07, 6.45) is 2.88. The van der Waals surface area contributed by atoms with Crippen molar-refractivity contribution >= 4 is 5.91 Å². The number of hydrogen-bond acceptors (Lipinski definition) is 2. The minimum atomic E-state index is 0.172. The van der Waals surface area contributed by atoms with Gasteiger partial charge in [-0.3, -0.25) is 4.79 Å². The van der Waals surface area contributed by atoms with E-state index in [9.17, 15) is 4.79 Å². The molecular formula is C15H22N2O. The molecule has 1 amide bonds. The van der Waals surface area contributed by atoms with Gasteiger partial charge in [-0.25, -0.2) is 0 Å². The van der Waals surface area contributed by atoms with Gasteiger partial charge in [0.2, 0.25) is 5.91 Å². The van der Waals surface area contributed by atoms with Gasteiger partial charge in [0.15, 0.2) is 0 Å². The van der Waals surface area contributed by atoms with Crippen molar-refractivity contribution in [3.63, 3.8) is 0 Å². The summed E-state index contributed by atoms with van der Waals surface area (Å²) in [5.74, 6) is 0.172. The molecule has 2 N–H and O–H groups in total. The van der Waals surface area contributed by atoms with Crippen LogP contribution < -0.4 is 10.6 Å². The molecule has 0 unspecified atom stereocenters. The predicted octanol–water partition coefficient (Wildman–Crippen LogP) is 2.06. The van der Waals surface area contributed by atoms with Crippen molar-refractivity contribution in [2.24, 2.45) is 0 Å². The van der Waals surface area contributed by atoms with Crippen LogP contribution in [0.1, 0.15) is 36.0 Å². The highest BCUT2D eigenvalue weighted by molar-refractivity contribution is 5.76. The van der Waals surface area contributed by atoms with E-state index in [1.807, 2.05) is 0 Å². The lowest BCUT2D eigenvalue weighted by Crippen LogP contribution is -2.29. The lowest BCUT2D eigenvalue weighted by Gasteiger charge is -2.07. The van der Waals surface area contributed by atoms with Crippen LogP contribution in [0.5, 0.6) is 0 Å². The quantitative estimate of drug-likeness (QED) is 0.754. The van der Waals surface area contributed by atoms with Crippen LogP contribution in [0.15, 0.2) is 18.2 Å². The number of benzene rings is 1. The highest BCUT2D eigenvalue weighted by atomic mass is 16.1. The molecule has 1 saturated carbocycles. The molecule has 0 heterocycles. The van der Waals surface area contributed by atoms with Crippen molar-refractivity contribution in [1.82, 2.24) is 10.6 Å². The topological polar surface area (TPSA) is 41.1 Å². The first-order valence-corrected chi connectivity index (χ1v) is 6.71. The smallest absolute Gasteiger partial charge is 0.221 e. The molecule has 0 aliphatic heterocycles. The van der Waals surface area contributed by atoms with Crippen LogP contribution in [0.2, 0.25) is 0 Å². The second kappa shape index (κ2) is 6.01. The van der Waals surface area contributed by atoms with Crippen molar-refractivity contribution in [3.05, 3.63) is 34.9 Å². The molecule has 0 saturated heterocycles. The fourth-order valence-corrected chi connectivity index (χ4v) is 2.13. The third-order valence-corrected chi connectivity index (χ3v) is 3.08. The Morgan fingerprint density at radius 3 is 2.50 bits per heavy atom. The van der Waals surface area contributed by atoms with E-state index < -0.39 is 0 Å². The summed E-state index contributed by atoms with van der Waals surface area (Å²) >= 11 is 0. The Balaban J connectivity index is 1.66. The number of hydrogen-bond donors (Lipinski definition) is 2. The summed E-state index contributed by atoms with van der Waals surface area (Å²) < 4.78 is 0. The number of rotatable bonds is 6. The highest BCUT2D eigenvalue weighted by Crippen LogP contribution is 2.18. The van der Waals surface area contributed by atoms with Gasteiger partial charge < -0.3 is 10.6 Å². The molecule has 1 aliphatic carbocycles. The van der Waals surface area contributed by atoms with Gasteiger partial charge in [-0.15, -0.1) is 0 Å². The van der Waals surface area contributed by atoms with Crippen molar-refractivity contribution in [2.75, 3.05) is 6.54 Å². The zero-order valence-corrected chi connectivity index (χ0v) is 11.3. The number of carbonyl (C=O) groups excluding carboxylic acids is 1. The SMILES string of the molecule is Cc1cc(C)cc(CNCCC(=O)NC2CC2)c1. The van der Waals surface area contributed by atoms with Crippen molar-refractivity contribution in [3.8, 4) is 0 Å². The molecule has 1 aliphatic rings. The highest BCUT2D eigenvalue weighted by Gasteiger charge is 2.22. The summed E-state index contributed by atoms with van der Waals surface area (Å²) in [5, 5.41) is 6.31. The fourth-order valence-electron chi connectivity index (χ4n) is 2.13. The van der Waals surface area contributed by atoms with E-state index in [0.717, 1.165) is 25.9 Å². The summed E-state index contributed by atoms with van der Waals surface area (Å²) in [7, 11) is 0. The van der Waals surface area contributed by atoms with E-state index in [-0.39, 0.29) is 5.91 Å². The van der Waals surface area contributed by atoms with Crippen LogP contribution >= 0.6 is 0 Å². The van der Waals surface area contributed by atoms with Gasteiger partial charge in [0.25, 0.3) is 0 Å². The maximum Gasteiger partial charge on any atom is 0.221 e. The van der Waals surface area contributed by atoms with Gasteiger partial charge >= 0.3 is 0 Å². The lowest BCUT2D eigenvalue weighted by atomic mass is 10.1. The van der Waals surface area contributed by atoms with E-state index in [1.165, 1.54) is 16.7 Å². The Kier molecular flexibility index (Phi) is 4.37. The van der Waals surface area contributed by atoms with Crippen molar-refractivity contribution in [1.29, 1.82) is 0 Å². The van der Waals surface area contributed by atoms with Gasteiger partial charge in [-0.2, -0.15) is 0 Å². The predicted molar refractivity (Wildman–Crippen MR) is 73.4 cm³/mol. The fraction of sp³-hybridized carbons (Fsp3) is 0.533. The lowest BCUT2D eigenvalue weighted by molar-refractivity contribution is -0.121. The van der Waals surface area contributed by atoms with Gasteiger partial charge in [0, 0.05) is 25.6 Å². The number of carbonyl (C=O) groups is 1. The Morgan fingerprint density at radius 2 is 1.89 bits per heavy atom. The molecule has 3 nitrogen and oxygen atoms in total. The van der Waals surface area contributed by atoms with E-state index in [2.05, 4.69) is 42.7 Å². The summed E-state index contributed by atoms with van der Waals surface area (Å²) in [5.41, 5.74) is 3.87. The summed E-state index contributed by atoms with van der Waals surface area (Å²) in [6.45, 7) is 5.80. The normalized spacial score (nSPS) is 14.6. The molecule has 1 aromatic rings. The van der Waals surface area contributed by atoms with Crippen LogP contribution in [0, 0.1) is 13.8 Å². The summed E-state index contributed by atoms with van der Waals surface area (Å²) in [4.78, 5) is 11.5. The molecule has 1 fully saturated rings. The first-order valence-electron chi connectivity index (χ1n) is 6.71. The average Bonchev–Trinajstić information content (AvgIpc) is 3.07. The summed E-state index contributed by atoms with van der Waals surface area (Å²) in [6, 6.07) is 7.01. The van der Waals surface area contributed by atoms with E-state index >= 15 is 0 Å². The molecule has 0 bridgehead atoms. The van der Waals surface area contributed by atoms with Gasteiger partial charge in [-0.1, -0.05) is 29.3 Å². The standard InChI is InChI=1S/C15H22N2O/c1-11-7-12(2)9-13(8-11)10-16-6-5-15(18)17-14-3-4-14/h7-9,14,16H,3-6,10H2,1-2H3,(H,17,18). The molecule has 3 heteroatoms. The van der Waals surface area contributed by atoms with E-state index in [0.29, 0.717) is 12.5 Å². The minimum Gasteiger partial charge on any atom is -0.353 e. The molecule has 2 rings (SSSR count). The van der Waals surface area contributed by atoms with Crippen LogP contribution in [0.25, 0.3) is 0 Å². The maximum atomic E-state index is 11.5. The maximum absolute atomic E-state index is 11.5. The monoisotopic (exact) mass is 246 g/mol. The third kappa shape index (κ3) is 4.49. The Morgan fingerprint density at radius 1 is 1.22 bits per heavy atom. The molecule has 1 aromatic carbocycles. The Hall–Kier alpha value is -1.35. The molecular weight excluding hydrogens is 224 g/mol. The van der Waals surface area contributed by atoms with Crippen LogP contribution in [0.4, 0.5) is 0 Å². The molecule has 0 radical (unpaired) electrons. The van der Waals surface area contributed by atoms with Crippen LogP contribution in [-0.2, 0) is 11.3 Å². The molecule has 98 valence electrons. The second-order valence-corrected chi connectivity index (χ2v) is 5.26. The van der Waals surface area contributed by atoms with Gasteiger partial charge in [0.05, 0.1) is 0 Å². The first kappa shape index (κ1) is 13.1. The largest absolute Gasteiger partial charge is 0.353 e. The molecule has 0 atom stereocenters. The van der Waals surface area contributed by atoms with Crippen molar-refractivity contribution in [2.45, 2.75) is 45.7 Å². The first-order chi connectivity index (χ1) is 8.63.